The van der Waals surface area contributed by atoms with Crippen LogP contribution in [0.4, 0.5) is 0 Å². The summed E-state index contributed by atoms with van der Waals surface area (Å²) < 4.78 is 27.7. The van der Waals surface area contributed by atoms with Crippen LogP contribution in [0, 0.1) is 17.4 Å². The van der Waals surface area contributed by atoms with E-state index in [1.165, 1.54) is 21.9 Å². The molecule has 2 aromatic carbocycles. The maximum Gasteiger partial charge on any atom is 0.276 e. The van der Waals surface area contributed by atoms with Gasteiger partial charge in [-0.25, -0.2) is 4.83 Å². The number of sulfonamides is 1. The van der Waals surface area contributed by atoms with Crippen molar-refractivity contribution in [3.8, 4) is 5.69 Å². The molecule has 0 aliphatic heterocycles. The Bertz CT molecular complexity index is 1040. The Balaban J connectivity index is 1.84. The summed E-state index contributed by atoms with van der Waals surface area (Å²) in [5.74, 6) is 0. The van der Waals surface area contributed by atoms with E-state index in [9.17, 15) is 8.42 Å². The van der Waals surface area contributed by atoms with Gasteiger partial charge < -0.3 is 4.57 Å². The fraction of sp³-hybridized carbons (Fsp3) is 0.105. The number of nitrogens with one attached hydrogen (secondary N) is 1. The van der Waals surface area contributed by atoms with E-state index in [2.05, 4.69) is 61.4 Å². The first kappa shape index (κ1) is 18.7. The SMILES string of the molecule is Cc1cc(C=NNS(=O)(=O)c2ccccc2)c(C)n1-c1ccc(I)cc1. The van der Waals surface area contributed by atoms with E-state index in [1.807, 2.05) is 19.9 Å². The molecule has 0 fully saturated rings. The molecule has 3 aromatic rings. The van der Waals surface area contributed by atoms with Crippen LogP contribution in [0.25, 0.3) is 5.69 Å². The predicted molar refractivity (Wildman–Crippen MR) is 112 cm³/mol. The zero-order chi connectivity index (χ0) is 18.7. The van der Waals surface area contributed by atoms with E-state index in [4.69, 9.17) is 0 Å². The van der Waals surface area contributed by atoms with Crippen molar-refractivity contribution in [3.05, 3.63) is 81.2 Å². The minimum Gasteiger partial charge on any atom is -0.318 e. The zero-order valence-electron chi connectivity index (χ0n) is 14.3. The van der Waals surface area contributed by atoms with Crippen molar-refractivity contribution in [2.45, 2.75) is 18.7 Å². The molecule has 1 heterocycles. The molecule has 0 amide bonds. The molecule has 134 valence electrons. The van der Waals surface area contributed by atoms with Gasteiger partial charge in [-0.15, -0.1) is 0 Å². The van der Waals surface area contributed by atoms with Crippen molar-refractivity contribution in [1.29, 1.82) is 0 Å². The van der Waals surface area contributed by atoms with Crippen LogP contribution in [0.3, 0.4) is 0 Å². The molecular weight excluding hydrogens is 461 g/mol. The number of hydrazone groups is 1. The fourth-order valence-corrected chi connectivity index (χ4v) is 3.90. The van der Waals surface area contributed by atoms with Gasteiger partial charge >= 0.3 is 0 Å². The third-order valence-electron chi connectivity index (χ3n) is 3.99. The average Bonchev–Trinajstić information content (AvgIpc) is 2.90. The molecule has 5 nitrogen and oxygen atoms in total. The third-order valence-corrected chi connectivity index (χ3v) is 5.94. The number of hydrogen-bond acceptors (Lipinski definition) is 3. The molecule has 1 N–H and O–H groups in total. The van der Waals surface area contributed by atoms with Crippen LogP contribution in [-0.4, -0.2) is 19.2 Å². The van der Waals surface area contributed by atoms with Crippen LogP contribution in [0.1, 0.15) is 17.0 Å². The summed E-state index contributed by atoms with van der Waals surface area (Å²) >= 11 is 2.27. The second kappa shape index (κ2) is 7.63. The van der Waals surface area contributed by atoms with E-state index in [-0.39, 0.29) is 4.90 Å². The van der Waals surface area contributed by atoms with Crippen molar-refractivity contribution in [3.63, 3.8) is 0 Å². The molecule has 0 bridgehead atoms. The molecule has 0 radical (unpaired) electrons. The van der Waals surface area contributed by atoms with Gasteiger partial charge in [0.15, 0.2) is 0 Å². The summed E-state index contributed by atoms with van der Waals surface area (Å²) in [7, 11) is -3.66. The van der Waals surface area contributed by atoms with Crippen molar-refractivity contribution in [1.82, 2.24) is 9.40 Å². The zero-order valence-corrected chi connectivity index (χ0v) is 17.3. The maximum atomic E-state index is 12.2. The highest BCUT2D eigenvalue weighted by Gasteiger charge is 2.12. The van der Waals surface area contributed by atoms with Gasteiger partial charge in [-0.2, -0.15) is 13.5 Å². The molecule has 0 saturated carbocycles. The van der Waals surface area contributed by atoms with Gasteiger partial charge in [0.2, 0.25) is 0 Å². The second-order valence-corrected chi connectivity index (χ2v) is 8.71. The monoisotopic (exact) mass is 479 g/mol. The molecule has 0 unspecified atom stereocenters. The Labute approximate surface area is 166 Å². The van der Waals surface area contributed by atoms with Crippen LogP contribution in [0.5, 0.6) is 0 Å². The lowest BCUT2D eigenvalue weighted by molar-refractivity contribution is 0.584. The molecule has 0 spiro atoms. The number of aryl methyl sites for hydroxylation is 1. The van der Waals surface area contributed by atoms with Crippen LogP contribution in [-0.2, 0) is 10.0 Å². The van der Waals surface area contributed by atoms with Crippen molar-refractivity contribution < 1.29 is 8.42 Å². The number of hydrogen-bond donors (Lipinski definition) is 1. The van der Waals surface area contributed by atoms with E-state index < -0.39 is 10.0 Å². The summed E-state index contributed by atoms with van der Waals surface area (Å²) in [6.07, 6.45) is 1.53. The molecule has 7 heteroatoms. The van der Waals surface area contributed by atoms with E-state index in [1.54, 1.807) is 18.2 Å². The van der Waals surface area contributed by atoms with Crippen LogP contribution >= 0.6 is 22.6 Å². The number of rotatable bonds is 5. The van der Waals surface area contributed by atoms with Gasteiger partial charge in [0.25, 0.3) is 10.0 Å². The first-order valence-electron chi connectivity index (χ1n) is 7.93. The lowest BCUT2D eigenvalue weighted by atomic mass is 10.2. The lowest BCUT2D eigenvalue weighted by Gasteiger charge is -2.09. The standard InChI is InChI=1S/C19H18IN3O2S/c1-14-12-16(15(2)23(14)18-10-8-17(20)9-11-18)13-21-22-26(24,25)19-6-4-3-5-7-19/h3-13,22H,1-2H3. The Morgan fingerprint density at radius 3 is 2.35 bits per heavy atom. The van der Waals surface area contributed by atoms with Gasteiger partial charge in [0.1, 0.15) is 0 Å². The van der Waals surface area contributed by atoms with Gasteiger partial charge in [-0.3, -0.25) is 0 Å². The molecule has 3 rings (SSSR count). The topological polar surface area (TPSA) is 63.5 Å². The van der Waals surface area contributed by atoms with Crippen molar-refractivity contribution in [2.75, 3.05) is 0 Å². The Morgan fingerprint density at radius 2 is 1.69 bits per heavy atom. The first-order chi connectivity index (χ1) is 12.4. The fourth-order valence-electron chi connectivity index (χ4n) is 2.72. The average molecular weight is 479 g/mol. The summed E-state index contributed by atoms with van der Waals surface area (Å²) in [5.41, 5.74) is 3.96. The van der Waals surface area contributed by atoms with E-state index in [0.29, 0.717) is 0 Å². The molecule has 0 saturated heterocycles. The summed E-state index contributed by atoms with van der Waals surface area (Å²) in [6.45, 7) is 3.99. The maximum absolute atomic E-state index is 12.2. The Hall–Kier alpha value is -2.13. The minimum atomic E-state index is -3.66. The second-order valence-electron chi connectivity index (χ2n) is 5.80. The number of halogens is 1. The van der Waals surface area contributed by atoms with Crippen LogP contribution in [0.2, 0.25) is 0 Å². The number of nitrogens with zero attached hydrogens (tertiary/aromatic N) is 2. The summed E-state index contributed by atoms with van der Waals surface area (Å²) in [4.78, 5) is 2.44. The van der Waals surface area contributed by atoms with Gasteiger partial charge in [-0.05, 0) is 78.9 Å². The smallest absolute Gasteiger partial charge is 0.276 e. The molecule has 26 heavy (non-hydrogen) atoms. The largest absolute Gasteiger partial charge is 0.318 e. The summed E-state index contributed by atoms with van der Waals surface area (Å²) in [5, 5.41) is 3.94. The molecule has 0 atom stereocenters. The van der Waals surface area contributed by atoms with Gasteiger partial charge in [0.05, 0.1) is 11.1 Å². The molecular formula is C19H18IN3O2S. The van der Waals surface area contributed by atoms with Crippen LogP contribution < -0.4 is 4.83 Å². The Kier molecular flexibility index (Phi) is 5.47. The van der Waals surface area contributed by atoms with E-state index in [0.717, 1.165) is 22.6 Å². The predicted octanol–water partition coefficient (Wildman–Crippen LogP) is 4.01. The summed E-state index contributed by atoms with van der Waals surface area (Å²) in [6, 6.07) is 18.4. The third kappa shape index (κ3) is 3.99. The highest BCUT2D eigenvalue weighted by Crippen LogP contribution is 2.20. The molecule has 1 aromatic heterocycles. The highest BCUT2D eigenvalue weighted by atomic mass is 127. The van der Waals surface area contributed by atoms with E-state index >= 15 is 0 Å². The van der Waals surface area contributed by atoms with Crippen LogP contribution in [0.15, 0.2) is 70.7 Å². The van der Waals surface area contributed by atoms with Gasteiger partial charge in [0, 0.05) is 26.2 Å². The first-order valence-corrected chi connectivity index (χ1v) is 10.5. The number of aromatic nitrogens is 1. The van der Waals surface area contributed by atoms with Crippen molar-refractivity contribution in [2.24, 2.45) is 5.10 Å². The quantitative estimate of drug-likeness (QED) is 0.342. The highest BCUT2D eigenvalue weighted by molar-refractivity contribution is 14.1. The van der Waals surface area contributed by atoms with Crippen molar-refractivity contribution >= 4 is 38.8 Å². The molecule has 0 aliphatic carbocycles. The Morgan fingerprint density at radius 1 is 1.04 bits per heavy atom. The number of benzene rings is 2. The lowest BCUT2D eigenvalue weighted by Crippen LogP contribution is -2.18. The normalized spacial score (nSPS) is 11.8. The molecule has 0 aliphatic rings. The minimum absolute atomic E-state index is 0.182. The van der Waals surface area contributed by atoms with Gasteiger partial charge in [-0.1, -0.05) is 18.2 Å².